The number of carbonyl (C=O) groups is 2. The summed E-state index contributed by atoms with van der Waals surface area (Å²) in [6, 6.07) is 17.1. The van der Waals surface area contributed by atoms with E-state index in [0.29, 0.717) is 33.6 Å². The zero-order valence-corrected chi connectivity index (χ0v) is 21.1. The molecule has 0 radical (unpaired) electrons. The minimum Gasteiger partial charge on any atom is -0.497 e. The number of nitrogens with one attached hydrogen (secondary N) is 1. The van der Waals surface area contributed by atoms with Crippen molar-refractivity contribution in [1.29, 1.82) is 0 Å². The summed E-state index contributed by atoms with van der Waals surface area (Å²) in [4.78, 5) is 25.4. The Labute approximate surface area is 211 Å². The maximum absolute atomic E-state index is 12.8. The number of amides is 1. The summed E-state index contributed by atoms with van der Waals surface area (Å²) in [5.74, 6) is 0.813. The van der Waals surface area contributed by atoms with E-state index in [4.69, 9.17) is 9.47 Å². The van der Waals surface area contributed by atoms with Gasteiger partial charge in [-0.05, 0) is 24.6 Å². The van der Waals surface area contributed by atoms with Gasteiger partial charge in [-0.15, -0.1) is 21.5 Å². The number of thioether (sulfide) groups is 1. The van der Waals surface area contributed by atoms with Gasteiger partial charge in [0, 0.05) is 23.1 Å². The van der Waals surface area contributed by atoms with Gasteiger partial charge in [0.05, 0.1) is 20.0 Å². The number of hydrogen-bond acceptors (Lipinski definition) is 8. The van der Waals surface area contributed by atoms with Crippen molar-refractivity contribution in [2.45, 2.75) is 18.6 Å². The number of nitrogens with zero attached hydrogens (tertiary/aromatic N) is 3. The second-order valence-corrected chi connectivity index (χ2v) is 9.15. The molecule has 0 unspecified atom stereocenters. The first kappa shape index (κ1) is 24.5. The summed E-state index contributed by atoms with van der Waals surface area (Å²) in [6.07, 6.45) is 0. The van der Waals surface area contributed by atoms with E-state index in [1.54, 1.807) is 7.11 Å². The Morgan fingerprint density at radius 3 is 2.43 bits per heavy atom. The second-order valence-electron chi connectivity index (χ2n) is 7.33. The second kappa shape index (κ2) is 11.2. The molecule has 0 spiro atoms. The summed E-state index contributed by atoms with van der Waals surface area (Å²) in [7, 11) is 2.91. The Balaban J connectivity index is 1.50. The lowest BCUT2D eigenvalue weighted by molar-refractivity contribution is -0.113. The number of benzene rings is 2. The number of esters is 1. The van der Waals surface area contributed by atoms with E-state index in [1.165, 1.54) is 30.2 Å². The van der Waals surface area contributed by atoms with Crippen LogP contribution in [0.5, 0.6) is 5.75 Å². The van der Waals surface area contributed by atoms with Crippen molar-refractivity contribution in [3.8, 4) is 28.3 Å². The molecule has 0 saturated carbocycles. The number of aromatic nitrogens is 3. The molecule has 2 aromatic heterocycles. The Bertz CT molecular complexity index is 1320. The molecule has 8 nitrogen and oxygen atoms in total. The minimum absolute atomic E-state index is 0.114. The van der Waals surface area contributed by atoms with Crippen LogP contribution in [0.15, 0.2) is 65.1 Å². The molecule has 0 aliphatic carbocycles. The van der Waals surface area contributed by atoms with Crippen LogP contribution >= 0.6 is 23.1 Å². The van der Waals surface area contributed by atoms with E-state index in [2.05, 4.69) is 15.5 Å². The van der Waals surface area contributed by atoms with Crippen LogP contribution in [-0.4, -0.2) is 46.6 Å². The standard InChI is InChI=1S/C25H24N4O4S2/c1-4-29-22(17-8-6-5-7-9-17)27-28-25(29)35-15-20(30)26-23-21(24(31)33-3)19(14-34-23)16-10-12-18(32-2)13-11-16/h5-14H,4,15H2,1-3H3,(H,26,30). The van der Waals surface area contributed by atoms with Gasteiger partial charge in [0.1, 0.15) is 16.3 Å². The smallest absolute Gasteiger partial charge is 0.341 e. The molecule has 180 valence electrons. The first-order valence-electron chi connectivity index (χ1n) is 10.8. The number of rotatable bonds is 9. The quantitative estimate of drug-likeness (QED) is 0.245. The van der Waals surface area contributed by atoms with Crippen molar-refractivity contribution in [3.63, 3.8) is 0 Å². The summed E-state index contributed by atoms with van der Waals surface area (Å²) in [6.45, 7) is 2.68. The molecular weight excluding hydrogens is 484 g/mol. The lowest BCUT2D eigenvalue weighted by Crippen LogP contribution is -2.16. The largest absolute Gasteiger partial charge is 0.497 e. The first-order chi connectivity index (χ1) is 17.0. The average molecular weight is 509 g/mol. The van der Waals surface area contributed by atoms with Crippen LogP contribution in [0.1, 0.15) is 17.3 Å². The summed E-state index contributed by atoms with van der Waals surface area (Å²) >= 11 is 2.57. The molecule has 2 aromatic carbocycles. The topological polar surface area (TPSA) is 95.3 Å². The van der Waals surface area contributed by atoms with Crippen molar-refractivity contribution >= 4 is 40.0 Å². The van der Waals surface area contributed by atoms with Gasteiger partial charge in [0.15, 0.2) is 11.0 Å². The normalized spacial score (nSPS) is 10.7. The van der Waals surface area contributed by atoms with Gasteiger partial charge in [0.2, 0.25) is 5.91 Å². The van der Waals surface area contributed by atoms with Crippen LogP contribution in [-0.2, 0) is 16.1 Å². The fourth-order valence-corrected chi connectivity index (χ4v) is 5.29. The van der Waals surface area contributed by atoms with E-state index < -0.39 is 5.97 Å². The Morgan fingerprint density at radius 2 is 1.77 bits per heavy atom. The highest BCUT2D eigenvalue weighted by Gasteiger charge is 2.23. The fourth-order valence-electron chi connectivity index (χ4n) is 3.51. The molecular formula is C25H24N4O4S2. The number of thiophene rings is 1. The zero-order valence-electron chi connectivity index (χ0n) is 19.5. The number of hydrogen-bond donors (Lipinski definition) is 1. The average Bonchev–Trinajstić information content (AvgIpc) is 3.51. The van der Waals surface area contributed by atoms with Crippen molar-refractivity contribution in [2.75, 3.05) is 25.3 Å². The van der Waals surface area contributed by atoms with Gasteiger partial charge >= 0.3 is 5.97 Å². The molecule has 10 heteroatoms. The van der Waals surface area contributed by atoms with Crippen LogP contribution in [0.4, 0.5) is 5.00 Å². The lowest BCUT2D eigenvalue weighted by Gasteiger charge is -2.09. The third-order valence-electron chi connectivity index (χ3n) is 5.23. The number of ether oxygens (including phenoxy) is 2. The predicted octanol–water partition coefficient (Wildman–Crippen LogP) is 5.22. The third-order valence-corrected chi connectivity index (χ3v) is 7.09. The van der Waals surface area contributed by atoms with E-state index in [9.17, 15) is 9.59 Å². The molecule has 1 amide bonds. The molecule has 0 bridgehead atoms. The molecule has 0 fully saturated rings. The van der Waals surface area contributed by atoms with E-state index >= 15 is 0 Å². The molecule has 0 atom stereocenters. The third kappa shape index (κ3) is 5.39. The van der Waals surface area contributed by atoms with E-state index in [0.717, 1.165) is 17.0 Å². The van der Waals surface area contributed by atoms with Crippen LogP contribution in [0.2, 0.25) is 0 Å². The van der Waals surface area contributed by atoms with Crippen LogP contribution in [0.25, 0.3) is 22.5 Å². The van der Waals surface area contributed by atoms with E-state index in [1.807, 2.05) is 71.5 Å². The van der Waals surface area contributed by atoms with Gasteiger partial charge in [-0.1, -0.05) is 54.2 Å². The Kier molecular flexibility index (Phi) is 7.84. The highest BCUT2D eigenvalue weighted by molar-refractivity contribution is 7.99. The molecule has 4 rings (SSSR count). The maximum atomic E-state index is 12.8. The van der Waals surface area contributed by atoms with Crippen LogP contribution < -0.4 is 10.1 Å². The fraction of sp³-hybridized carbons (Fsp3) is 0.200. The van der Waals surface area contributed by atoms with Crippen molar-refractivity contribution in [3.05, 3.63) is 65.5 Å². The Hall–Kier alpha value is -3.63. The predicted molar refractivity (Wildman–Crippen MR) is 138 cm³/mol. The van der Waals surface area contributed by atoms with Gasteiger partial charge < -0.3 is 19.4 Å². The van der Waals surface area contributed by atoms with Crippen molar-refractivity contribution in [2.24, 2.45) is 0 Å². The van der Waals surface area contributed by atoms with Crippen LogP contribution in [0.3, 0.4) is 0 Å². The van der Waals surface area contributed by atoms with Crippen molar-refractivity contribution in [1.82, 2.24) is 14.8 Å². The van der Waals surface area contributed by atoms with E-state index in [-0.39, 0.29) is 11.7 Å². The number of methoxy groups -OCH3 is 2. The Morgan fingerprint density at radius 1 is 1.03 bits per heavy atom. The molecule has 0 saturated heterocycles. The molecule has 1 N–H and O–H groups in total. The molecule has 0 aliphatic rings. The van der Waals surface area contributed by atoms with Gasteiger partial charge in [-0.3, -0.25) is 4.79 Å². The highest BCUT2D eigenvalue weighted by Crippen LogP contribution is 2.37. The van der Waals surface area contributed by atoms with Crippen molar-refractivity contribution < 1.29 is 19.1 Å². The van der Waals surface area contributed by atoms with Gasteiger partial charge in [-0.25, -0.2) is 4.79 Å². The zero-order chi connectivity index (χ0) is 24.8. The summed E-state index contributed by atoms with van der Waals surface area (Å²) in [5, 5.41) is 14.4. The number of carbonyl (C=O) groups excluding carboxylic acids is 2. The minimum atomic E-state index is -0.516. The lowest BCUT2D eigenvalue weighted by atomic mass is 10.0. The number of anilines is 1. The first-order valence-corrected chi connectivity index (χ1v) is 12.7. The molecule has 2 heterocycles. The van der Waals surface area contributed by atoms with Gasteiger partial charge in [0.25, 0.3) is 0 Å². The summed E-state index contributed by atoms with van der Waals surface area (Å²) < 4.78 is 12.2. The molecule has 35 heavy (non-hydrogen) atoms. The SMILES string of the molecule is CCn1c(SCC(=O)Nc2scc(-c3ccc(OC)cc3)c2C(=O)OC)nnc1-c1ccccc1. The van der Waals surface area contributed by atoms with Gasteiger partial charge in [-0.2, -0.15) is 0 Å². The maximum Gasteiger partial charge on any atom is 0.341 e. The molecule has 0 aliphatic heterocycles. The highest BCUT2D eigenvalue weighted by atomic mass is 32.2. The monoisotopic (exact) mass is 508 g/mol. The molecule has 4 aromatic rings. The van der Waals surface area contributed by atoms with Crippen LogP contribution in [0, 0.1) is 0 Å². The summed E-state index contributed by atoms with van der Waals surface area (Å²) in [5.41, 5.74) is 2.79.